The fraction of sp³-hybridized carbons (Fsp3) is 0.0833. The number of hydrogen-bond donors (Lipinski definition) is 2. The molecule has 0 radical (unpaired) electrons. The van der Waals surface area contributed by atoms with Crippen molar-refractivity contribution in [3.8, 4) is 11.5 Å². The molecule has 0 saturated heterocycles. The molecule has 3 N–H and O–H groups in total. The number of thioether (sulfide) groups is 1. The van der Waals surface area contributed by atoms with Crippen molar-refractivity contribution in [3.05, 3.63) is 30.0 Å². The first kappa shape index (κ1) is 13.2. The summed E-state index contributed by atoms with van der Waals surface area (Å²) in [5.41, 5.74) is 6.69. The van der Waals surface area contributed by atoms with Crippen molar-refractivity contribution >= 4 is 29.8 Å². The van der Waals surface area contributed by atoms with Gasteiger partial charge in [-0.25, -0.2) is 14.8 Å². The van der Waals surface area contributed by atoms with Crippen LogP contribution in [0.2, 0.25) is 0 Å². The standard InChI is InChI=1S/C12H11N3O3S/c1-19-11-7(4-5-9(16)17)10(14-12(13)15-11)8-3-2-6-18-8/h2-6H,1H3,(H,16,17)(H2,13,14,15)/b5-4+. The van der Waals surface area contributed by atoms with Gasteiger partial charge in [0.15, 0.2) is 5.76 Å². The lowest BCUT2D eigenvalue weighted by molar-refractivity contribution is -0.131. The van der Waals surface area contributed by atoms with Gasteiger partial charge >= 0.3 is 5.97 Å². The van der Waals surface area contributed by atoms with Crippen LogP contribution in [0.4, 0.5) is 5.95 Å². The number of hydrogen-bond acceptors (Lipinski definition) is 6. The van der Waals surface area contributed by atoms with Gasteiger partial charge in [0.25, 0.3) is 0 Å². The van der Waals surface area contributed by atoms with E-state index in [9.17, 15) is 4.79 Å². The first-order valence-corrected chi connectivity index (χ1v) is 6.50. The third-order valence-corrected chi connectivity index (χ3v) is 2.97. The summed E-state index contributed by atoms with van der Waals surface area (Å²) < 4.78 is 5.29. The number of nitrogens with two attached hydrogens (primary N) is 1. The van der Waals surface area contributed by atoms with Gasteiger partial charge in [0.05, 0.1) is 6.26 Å². The number of rotatable bonds is 4. The van der Waals surface area contributed by atoms with Crippen molar-refractivity contribution in [2.45, 2.75) is 5.03 Å². The minimum absolute atomic E-state index is 0.114. The zero-order chi connectivity index (χ0) is 13.8. The van der Waals surface area contributed by atoms with Crippen molar-refractivity contribution in [3.63, 3.8) is 0 Å². The highest BCUT2D eigenvalue weighted by molar-refractivity contribution is 7.98. The van der Waals surface area contributed by atoms with Gasteiger partial charge in [-0.3, -0.25) is 0 Å². The number of aliphatic carboxylic acids is 1. The number of carboxylic acid groups (broad SMARTS) is 1. The minimum Gasteiger partial charge on any atom is -0.478 e. The third-order valence-electron chi connectivity index (χ3n) is 2.27. The van der Waals surface area contributed by atoms with Crippen molar-refractivity contribution in [1.82, 2.24) is 9.97 Å². The van der Waals surface area contributed by atoms with E-state index in [1.807, 2.05) is 6.26 Å². The maximum Gasteiger partial charge on any atom is 0.328 e. The van der Waals surface area contributed by atoms with Crippen molar-refractivity contribution in [2.24, 2.45) is 0 Å². The SMILES string of the molecule is CSc1nc(N)nc(-c2ccco2)c1/C=C/C(=O)O. The van der Waals surface area contributed by atoms with Crippen LogP contribution < -0.4 is 5.73 Å². The Labute approximate surface area is 113 Å². The fourth-order valence-corrected chi connectivity index (χ4v) is 2.10. The van der Waals surface area contributed by atoms with Gasteiger partial charge < -0.3 is 15.3 Å². The average Bonchev–Trinajstić information content (AvgIpc) is 2.89. The summed E-state index contributed by atoms with van der Waals surface area (Å²) >= 11 is 1.36. The molecule has 0 fully saturated rings. The molecule has 2 heterocycles. The molecule has 2 aromatic rings. The Morgan fingerprint density at radius 1 is 1.53 bits per heavy atom. The van der Waals surface area contributed by atoms with E-state index in [1.165, 1.54) is 24.1 Å². The average molecular weight is 277 g/mol. The van der Waals surface area contributed by atoms with Crippen LogP contribution >= 0.6 is 11.8 Å². The summed E-state index contributed by atoms with van der Waals surface area (Å²) in [6.45, 7) is 0. The minimum atomic E-state index is -1.05. The van der Waals surface area contributed by atoms with E-state index in [-0.39, 0.29) is 5.95 Å². The molecule has 0 unspecified atom stereocenters. The summed E-state index contributed by atoms with van der Waals surface area (Å²) in [6.07, 6.45) is 5.80. The molecule has 0 bridgehead atoms. The molecule has 0 spiro atoms. The molecule has 2 aromatic heterocycles. The lowest BCUT2D eigenvalue weighted by atomic mass is 10.1. The maximum atomic E-state index is 10.7. The smallest absolute Gasteiger partial charge is 0.328 e. The highest BCUT2D eigenvalue weighted by Gasteiger charge is 2.14. The first-order chi connectivity index (χ1) is 9.11. The van der Waals surface area contributed by atoms with Gasteiger partial charge in [0.2, 0.25) is 5.95 Å². The normalized spacial score (nSPS) is 11.0. The maximum absolute atomic E-state index is 10.7. The van der Waals surface area contributed by atoms with Crippen LogP contribution in [0.1, 0.15) is 5.56 Å². The van der Waals surface area contributed by atoms with Crippen LogP contribution in [-0.2, 0) is 4.79 Å². The molecule has 0 aliphatic heterocycles. The second-order valence-electron chi connectivity index (χ2n) is 3.50. The van der Waals surface area contributed by atoms with Gasteiger partial charge in [0.1, 0.15) is 10.7 Å². The Balaban J connectivity index is 2.63. The molecule has 0 atom stereocenters. The van der Waals surface area contributed by atoms with Gasteiger partial charge in [-0.15, -0.1) is 11.8 Å². The number of nitrogens with zero attached hydrogens (tertiary/aromatic N) is 2. The van der Waals surface area contributed by atoms with Crippen molar-refractivity contribution in [2.75, 3.05) is 12.0 Å². The summed E-state index contributed by atoms with van der Waals surface area (Å²) in [6, 6.07) is 3.45. The van der Waals surface area contributed by atoms with Crippen LogP contribution in [-0.4, -0.2) is 27.3 Å². The second kappa shape index (κ2) is 5.57. The molecule has 0 aromatic carbocycles. The van der Waals surface area contributed by atoms with Crippen molar-refractivity contribution < 1.29 is 14.3 Å². The molecular weight excluding hydrogens is 266 g/mol. The molecule has 6 nitrogen and oxygen atoms in total. The second-order valence-corrected chi connectivity index (χ2v) is 4.30. The summed E-state index contributed by atoms with van der Waals surface area (Å²) in [5.74, 6) is -0.424. The zero-order valence-corrected chi connectivity index (χ0v) is 10.8. The molecule has 0 aliphatic rings. The predicted molar refractivity (Wildman–Crippen MR) is 72.6 cm³/mol. The first-order valence-electron chi connectivity index (χ1n) is 5.28. The summed E-state index contributed by atoms with van der Waals surface area (Å²) in [7, 11) is 0. The van der Waals surface area contributed by atoms with Crippen molar-refractivity contribution in [1.29, 1.82) is 0 Å². The third kappa shape index (κ3) is 2.94. The Hall–Kier alpha value is -2.28. The van der Waals surface area contributed by atoms with Crippen LogP contribution in [0.5, 0.6) is 0 Å². The number of nitrogen functional groups attached to an aromatic ring is 1. The van der Waals surface area contributed by atoms with Gasteiger partial charge in [0, 0.05) is 11.6 Å². The topological polar surface area (TPSA) is 102 Å². The highest BCUT2D eigenvalue weighted by Crippen LogP contribution is 2.30. The van der Waals surface area contributed by atoms with Gasteiger partial charge in [-0.1, -0.05) is 0 Å². The van der Waals surface area contributed by atoms with E-state index >= 15 is 0 Å². The van der Waals surface area contributed by atoms with E-state index < -0.39 is 5.97 Å². The monoisotopic (exact) mass is 277 g/mol. The summed E-state index contributed by atoms with van der Waals surface area (Å²) in [5, 5.41) is 9.33. The van der Waals surface area contributed by atoms with E-state index in [0.29, 0.717) is 22.0 Å². The zero-order valence-electron chi connectivity index (χ0n) is 10.0. The number of carboxylic acids is 1. The van der Waals surface area contributed by atoms with E-state index in [4.69, 9.17) is 15.3 Å². The lowest BCUT2D eigenvalue weighted by Gasteiger charge is -2.07. The molecule has 98 valence electrons. The number of furan rings is 1. The largest absolute Gasteiger partial charge is 0.478 e. The highest BCUT2D eigenvalue weighted by atomic mass is 32.2. The van der Waals surface area contributed by atoms with E-state index in [1.54, 1.807) is 12.1 Å². The molecule has 7 heteroatoms. The Morgan fingerprint density at radius 3 is 2.89 bits per heavy atom. The van der Waals surface area contributed by atoms with Gasteiger partial charge in [-0.2, -0.15) is 0 Å². The van der Waals surface area contributed by atoms with Gasteiger partial charge in [-0.05, 0) is 24.5 Å². The number of carbonyl (C=O) groups is 1. The number of anilines is 1. The number of aromatic nitrogens is 2. The molecule has 0 saturated carbocycles. The molecular formula is C12H11N3O3S. The van der Waals surface area contributed by atoms with Crippen LogP contribution in [0.15, 0.2) is 33.9 Å². The quantitative estimate of drug-likeness (QED) is 0.501. The Kier molecular flexibility index (Phi) is 3.86. The van der Waals surface area contributed by atoms with Crippen LogP contribution in [0, 0.1) is 0 Å². The Bertz CT molecular complexity index is 623. The molecule has 0 amide bonds. The van der Waals surface area contributed by atoms with Crippen LogP contribution in [0.25, 0.3) is 17.5 Å². The molecule has 19 heavy (non-hydrogen) atoms. The van der Waals surface area contributed by atoms with E-state index in [2.05, 4.69) is 9.97 Å². The fourth-order valence-electron chi connectivity index (χ4n) is 1.53. The van der Waals surface area contributed by atoms with E-state index in [0.717, 1.165) is 6.08 Å². The lowest BCUT2D eigenvalue weighted by Crippen LogP contribution is -2.01. The van der Waals surface area contributed by atoms with Crippen LogP contribution in [0.3, 0.4) is 0 Å². The Morgan fingerprint density at radius 2 is 2.32 bits per heavy atom. The summed E-state index contributed by atoms with van der Waals surface area (Å²) in [4.78, 5) is 18.9. The predicted octanol–water partition coefficient (Wildman–Crippen LogP) is 2.14. The molecule has 0 aliphatic carbocycles. The molecule has 2 rings (SSSR count).